The minimum atomic E-state index is -0.599. The molecule has 1 rings (SSSR count). The molecule has 0 saturated carbocycles. The van der Waals surface area contributed by atoms with Crippen LogP contribution in [-0.4, -0.2) is 24.7 Å². The molecule has 0 radical (unpaired) electrons. The molecule has 2 N–H and O–H groups in total. The highest BCUT2D eigenvalue weighted by Gasteiger charge is 2.09. The predicted molar refractivity (Wildman–Crippen MR) is 80.7 cm³/mol. The van der Waals surface area contributed by atoms with Crippen molar-refractivity contribution in [2.45, 2.75) is 26.7 Å². The van der Waals surface area contributed by atoms with Crippen molar-refractivity contribution in [1.82, 2.24) is 0 Å². The summed E-state index contributed by atoms with van der Waals surface area (Å²) in [5, 5.41) is 8.94. The van der Waals surface area contributed by atoms with Crippen LogP contribution in [-0.2, 0) is 9.53 Å². The Morgan fingerprint density at radius 3 is 2.48 bits per heavy atom. The third-order valence-corrected chi connectivity index (χ3v) is 2.57. The fraction of sp³-hybridized carbons (Fsp3) is 0.375. The first kappa shape index (κ1) is 18.7. The summed E-state index contributed by atoms with van der Waals surface area (Å²) in [6.07, 6.45) is 3.61. The highest BCUT2D eigenvalue weighted by Crippen LogP contribution is 2.15. The van der Waals surface area contributed by atoms with Crippen LogP contribution in [0.4, 0.5) is 0 Å². The van der Waals surface area contributed by atoms with Gasteiger partial charge in [0.25, 0.3) is 0 Å². The van der Waals surface area contributed by atoms with Crippen molar-refractivity contribution in [3.63, 3.8) is 0 Å². The molecule has 0 heterocycles. The number of nitriles is 1. The Morgan fingerprint density at radius 2 is 1.95 bits per heavy atom. The van der Waals surface area contributed by atoms with Crippen molar-refractivity contribution < 1.29 is 19.7 Å². The highest BCUT2D eigenvalue weighted by molar-refractivity contribution is 5.97. The average molecular weight is 291 g/mol. The molecule has 1 aromatic rings. The van der Waals surface area contributed by atoms with E-state index in [1.165, 1.54) is 6.08 Å². The van der Waals surface area contributed by atoms with E-state index in [9.17, 15) is 4.79 Å². The van der Waals surface area contributed by atoms with Gasteiger partial charge in [-0.2, -0.15) is 5.26 Å². The zero-order valence-corrected chi connectivity index (χ0v) is 12.4. The number of benzene rings is 1. The number of unbranched alkanes of at least 4 members (excludes halogenated alkanes) is 1. The molecule has 21 heavy (non-hydrogen) atoms. The molecule has 0 aliphatic heterocycles. The van der Waals surface area contributed by atoms with Crippen molar-refractivity contribution >= 4 is 12.0 Å². The van der Waals surface area contributed by atoms with Crippen molar-refractivity contribution in [3.8, 4) is 11.8 Å². The number of nitrogens with zero attached hydrogens (tertiary/aromatic N) is 1. The molecule has 5 heteroatoms. The summed E-state index contributed by atoms with van der Waals surface area (Å²) < 4.78 is 10.3. The standard InChI is InChI=1S/C16H19NO3.H2O/c1-3-5-10-20-15-8-6-13(7-9-15)11-14(12-17)16(18)19-4-2;/h6-9,11H,3-5,10H2,1-2H3;1H2/b14-11-;. The van der Waals surface area contributed by atoms with E-state index in [4.69, 9.17) is 14.7 Å². The molecular formula is C16H21NO4. The van der Waals surface area contributed by atoms with Gasteiger partial charge >= 0.3 is 5.97 Å². The molecule has 114 valence electrons. The van der Waals surface area contributed by atoms with Crippen molar-refractivity contribution in [3.05, 3.63) is 35.4 Å². The maximum Gasteiger partial charge on any atom is 0.348 e. The maximum absolute atomic E-state index is 11.5. The Morgan fingerprint density at radius 1 is 1.29 bits per heavy atom. The molecule has 0 spiro atoms. The number of esters is 1. The Hall–Kier alpha value is -2.32. The van der Waals surface area contributed by atoms with Crippen LogP contribution in [0, 0.1) is 11.3 Å². The average Bonchev–Trinajstić information content (AvgIpc) is 2.46. The van der Waals surface area contributed by atoms with Gasteiger partial charge in [0.15, 0.2) is 0 Å². The summed E-state index contributed by atoms with van der Waals surface area (Å²) in [6, 6.07) is 9.10. The summed E-state index contributed by atoms with van der Waals surface area (Å²) in [5.41, 5.74) is 0.754. The van der Waals surface area contributed by atoms with E-state index in [-0.39, 0.29) is 17.7 Å². The SMILES string of the molecule is CCCCOc1ccc(/C=C(/C#N)C(=O)OCC)cc1.O. The van der Waals surface area contributed by atoms with Gasteiger partial charge in [-0.3, -0.25) is 0 Å². The van der Waals surface area contributed by atoms with E-state index >= 15 is 0 Å². The summed E-state index contributed by atoms with van der Waals surface area (Å²) in [6.45, 7) is 4.76. The Labute approximate surface area is 125 Å². The minimum Gasteiger partial charge on any atom is -0.494 e. The van der Waals surface area contributed by atoms with Crippen LogP contribution in [0.1, 0.15) is 32.3 Å². The van der Waals surface area contributed by atoms with Gasteiger partial charge in [0.2, 0.25) is 0 Å². The van der Waals surface area contributed by atoms with Gasteiger partial charge in [-0.05, 0) is 37.1 Å². The first-order chi connectivity index (χ1) is 9.71. The van der Waals surface area contributed by atoms with Crippen LogP contribution in [0.25, 0.3) is 6.08 Å². The predicted octanol–water partition coefficient (Wildman–Crippen LogP) is 2.51. The first-order valence-electron chi connectivity index (χ1n) is 6.73. The summed E-state index contributed by atoms with van der Waals surface area (Å²) >= 11 is 0. The van der Waals surface area contributed by atoms with Gasteiger partial charge in [-0.25, -0.2) is 4.79 Å². The molecule has 0 aliphatic carbocycles. The van der Waals surface area contributed by atoms with E-state index in [2.05, 4.69) is 6.92 Å². The molecule has 0 aliphatic rings. The van der Waals surface area contributed by atoms with E-state index in [0.717, 1.165) is 24.2 Å². The largest absolute Gasteiger partial charge is 0.494 e. The summed E-state index contributed by atoms with van der Waals surface area (Å²) in [7, 11) is 0. The van der Waals surface area contributed by atoms with Crippen LogP contribution in [0.5, 0.6) is 5.75 Å². The second-order valence-corrected chi connectivity index (χ2v) is 4.16. The van der Waals surface area contributed by atoms with Gasteiger partial charge in [-0.15, -0.1) is 0 Å². The molecule has 0 unspecified atom stereocenters. The molecule has 1 aromatic carbocycles. The number of rotatable bonds is 7. The third kappa shape index (κ3) is 6.59. The summed E-state index contributed by atoms with van der Waals surface area (Å²) in [5.74, 6) is 0.184. The molecule has 0 saturated heterocycles. The lowest BCUT2D eigenvalue weighted by Crippen LogP contribution is -2.05. The van der Waals surface area contributed by atoms with Crippen molar-refractivity contribution in [1.29, 1.82) is 5.26 Å². The molecule has 0 bridgehead atoms. The number of hydrogen-bond acceptors (Lipinski definition) is 4. The van der Waals surface area contributed by atoms with Crippen molar-refractivity contribution in [2.75, 3.05) is 13.2 Å². The van der Waals surface area contributed by atoms with Crippen LogP contribution in [0.15, 0.2) is 29.8 Å². The quantitative estimate of drug-likeness (QED) is 0.334. The van der Waals surface area contributed by atoms with E-state index in [0.29, 0.717) is 6.61 Å². The fourth-order valence-electron chi connectivity index (χ4n) is 1.51. The van der Waals surface area contributed by atoms with Crippen LogP contribution in [0.3, 0.4) is 0 Å². The molecule has 0 atom stereocenters. The Balaban J connectivity index is 0.00000400. The molecule has 0 fully saturated rings. The molecular weight excluding hydrogens is 270 g/mol. The lowest BCUT2D eigenvalue weighted by atomic mass is 10.1. The van der Waals surface area contributed by atoms with Gasteiger partial charge in [0.05, 0.1) is 13.2 Å². The van der Waals surface area contributed by atoms with Gasteiger partial charge in [0, 0.05) is 0 Å². The third-order valence-electron chi connectivity index (χ3n) is 2.57. The molecule has 5 nitrogen and oxygen atoms in total. The second kappa shape index (κ2) is 10.5. The van der Waals surface area contributed by atoms with Crippen LogP contribution in [0.2, 0.25) is 0 Å². The molecule has 0 aromatic heterocycles. The number of carbonyl (C=O) groups excluding carboxylic acids is 1. The lowest BCUT2D eigenvalue weighted by molar-refractivity contribution is -0.137. The van der Waals surface area contributed by atoms with E-state index in [1.54, 1.807) is 19.1 Å². The normalized spacial score (nSPS) is 10.2. The fourth-order valence-corrected chi connectivity index (χ4v) is 1.51. The Kier molecular flexibility index (Phi) is 9.31. The Bertz CT molecular complexity index is 500. The summed E-state index contributed by atoms with van der Waals surface area (Å²) in [4.78, 5) is 11.5. The zero-order valence-electron chi connectivity index (χ0n) is 12.4. The monoisotopic (exact) mass is 291 g/mol. The topological polar surface area (TPSA) is 90.8 Å². The van der Waals surface area contributed by atoms with Gasteiger partial charge < -0.3 is 14.9 Å². The smallest absolute Gasteiger partial charge is 0.348 e. The lowest BCUT2D eigenvalue weighted by Gasteiger charge is -2.05. The number of hydrogen-bond donors (Lipinski definition) is 0. The van der Waals surface area contributed by atoms with E-state index < -0.39 is 5.97 Å². The number of ether oxygens (including phenoxy) is 2. The van der Waals surface area contributed by atoms with Gasteiger partial charge in [0.1, 0.15) is 17.4 Å². The highest BCUT2D eigenvalue weighted by atomic mass is 16.5. The molecule has 0 amide bonds. The second-order valence-electron chi connectivity index (χ2n) is 4.16. The number of carbonyl (C=O) groups is 1. The van der Waals surface area contributed by atoms with E-state index in [1.807, 2.05) is 18.2 Å². The minimum absolute atomic E-state index is 0. The maximum atomic E-state index is 11.5. The zero-order chi connectivity index (χ0) is 14.8. The first-order valence-corrected chi connectivity index (χ1v) is 6.73. The van der Waals surface area contributed by atoms with Gasteiger partial charge in [-0.1, -0.05) is 25.5 Å². The van der Waals surface area contributed by atoms with Crippen molar-refractivity contribution in [2.24, 2.45) is 0 Å². The van der Waals surface area contributed by atoms with Crippen LogP contribution < -0.4 is 4.74 Å². The van der Waals surface area contributed by atoms with Crippen LogP contribution >= 0.6 is 0 Å².